The summed E-state index contributed by atoms with van der Waals surface area (Å²) >= 11 is 0. The molecule has 3 heteroatoms. The van der Waals surface area contributed by atoms with Crippen LogP contribution in [0.4, 0.5) is 17.1 Å². The number of benzene rings is 10. The maximum absolute atomic E-state index is 6.83. The van der Waals surface area contributed by atoms with Crippen molar-refractivity contribution in [2.45, 2.75) is 0 Å². The van der Waals surface area contributed by atoms with E-state index in [0.717, 1.165) is 93.8 Å². The monoisotopic (exact) mass is 727 g/mol. The highest BCUT2D eigenvalue weighted by molar-refractivity contribution is 6.20. The molecule has 0 amide bonds. The quantitative estimate of drug-likeness (QED) is 0.177. The smallest absolute Gasteiger partial charge is 0.143 e. The van der Waals surface area contributed by atoms with Gasteiger partial charge in [-0.2, -0.15) is 0 Å². The van der Waals surface area contributed by atoms with Gasteiger partial charge in [-0.25, -0.2) is 0 Å². The molecule has 0 saturated carbocycles. The molecule has 0 N–H and O–H groups in total. The van der Waals surface area contributed by atoms with Crippen LogP contribution < -0.4 is 4.90 Å². The summed E-state index contributed by atoms with van der Waals surface area (Å²) in [6, 6.07) is 71.5. The molecule has 2 heterocycles. The highest BCUT2D eigenvalue weighted by Gasteiger charge is 2.24. The maximum atomic E-state index is 6.83. The number of hydrogen-bond donors (Lipinski definition) is 0. The molecule has 10 aromatic carbocycles. The summed E-state index contributed by atoms with van der Waals surface area (Å²) in [6.45, 7) is 0. The summed E-state index contributed by atoms with van der Waals surface area (Å²) in [7, 11) is 0. The summed E-state index contributed by atoms with van der Waals surface area (Å²) in [5, 5.41) is 11.4. The zero-order valence-corrected chi connectivity index (χ0v) is 30.8. The van der Waals surface area contributed by atoms with Gasteiger partial charge in [-0.3, -0.25) is 0 Å². The van der Waals surface area contributed by atoms with Crippen molar-refractivity contribution in [1.82, 2.24) is 0 Å². The third-order valence-corrected chi connectivity index (χ3v) is 11.6. The maximum Gasteiger partial charge on any atom is 0.143 e. The largest absolute Gasteiger partial charge is 0.455 e. The van der Waals surface area contributed by atoms with Crippen molar-refractivity contribution in [3.8, 4) is 22.3 Å². The van der Waals surface area contributed by atoms with E-state index in [4.69, 9.17) is 8.83 Å². The van der Waals surface area contributed by atoms with E-state index in [2.05, 4.69) is 205 Å². The van der Waals surface area contributed by atoms with Crippen molar-refractivity contribution in [3.05, 3.63) is 200 Å². The van der Waals surface area contributed by atoms with Crippen LogP contribution in [-0.2, 0) is 0 Å². The molecule has 0 saturated heterocycles. The summed E-state index contributed by atoms with van der Waals surface area (Å²) < 4.78 is 13.6. The van der Waals surface area contributed by atoms with E-state index in [-0.39, 0.29) is 0 Å². The van der Waals surface area contributed by atoms with Crippen LogP contribution in [-0.4, -0.2) is 0 Å². The Kier molecular flexibility index (Phi) is 6.93. The molecular formula is C54H33NO2. The molecule has 0 fully saturated rings. The third-order valence-electron chi connectivity index (χ3n) is 11.6. The van der Waals surface area contributed by atoms with Crippen LogP contribution in [0.5, 0.6) is 0 Å². The molecule has 0 unspecified atom stereocenters. The minimum Gasteiger partial charge on any atom is -0.455 e. The highest BCUT2D eigenvalue weighted by Crippen LogP contribution is 2.49. The number of nitrogens with zero attached hydrogens (tertiary/aromatic N) is 1. The molecule has 3 nitrogen and oxygen atoms in total. The van der Waals surface area contributed by atoms with Gasteiger partial charge in [0.25, 0.3) is 0 Å². The van der Waals surface area contributed by atoms with Crippen molar-refractivity contribution in [3.63, 3.8) is 0 Å². The lowest BCUT2D eigenvalue weighted by Gasteiger charge is -2.29. The van der Waals surface area contributed by atoms with Crippen LogP contribution in [0.2, 0.25) is 0 Å². The first-order valence-corrected chi connectivity index (χ1v) is 19.4. The van der Waals surface area contributed by atoms with Gasteiger partial charge in [0.2, 0.25) is 0 Å². The van der Waals surface area contributed by atoms with Gasteiger partial charge in [-0.05, 0) is 86.6 Å². The molecular weight excluding hydrogens is 695 g/mol. The average Bonchev–Trinajstić information content (AvgIpc) is 3.85. The molecule has 0 aliphatic rings. The lowest BCUT2D eigenvalue weighted by molar-refractivity contribution is 0.670. The van der Waals surface area contributed by atoms with Crippen molar-refractivity contribution >= 4 is 93.3 Å². The number of hydrogen-bond acceptors (Lipinski definition) is 3. The molecule has 266 valence electrons. The van der Waals surface area contributed by atoms with E-state index >= 15 is 0 Å². The van der Waals surface area contributed by atoms with Crippen LogP contribution in [0.25, 0.3) is 98.4 Å². The highest BCUT2D eigenvalue weighted by atomic mass is 16.3. The van der Waals surface area contributed by atoms with Crippen LogP contribution >= 0.6 is 0 Å². The molecule has 12 rings (SSSR count). The second-order valence-electron chi connectivity index (χ2n) is 14.8. The molecule has 0 aliphatic heterocycles. The van der Waals surface area contributed by atoms with Crippen LogP contribution in [0.3, 0.4) is 0 Å². The van der Waals surface area contributed by atoms with E-state index < -0.39 is 0 Å². The topological polar surface area (TPSA) is 29.5 Å². The molecule has 12 aromatic rings. The summed E-state index contributed by atoms with van der Waals surface area (Å²) in [5.41, 5.74) is 11.1. The molecule has 0 radical (unpaired) electrons. The minimum atomic E-state index is 0.845. The van der Waals surface area contributed by atoms with E-state index in [1.165, 1.54) is 21.7 Å². The zero-order valence-electron chi connectivity index (χ0n) is 30.8. The Balaban J connectivity index is 1.14. The van der Waals surface area contributed by atoms with Crippen molar-refractivity contribution in [2.24, 2.45) is 0 Å². The van der Waals surface area contributed by atoms with E-state index in [1.807, 2.05) is 0 Å². The zero-order chi connectivity index (χ0) is 37.5. The fourth-order valence-electron chi connectivity index (χ4n) is 9.01. The second-order valence-corrected chi connectivity index (χ2v) is 14.8. The summed E-state index contributed by atoms with van der Waals surface area (Å²) in [6.07, 6.45) is 0. The van der Waals surface area contributed by atoms with Gasteiger partial charge in [0.05, 0.1) is 16.8 Å². The molecule has 0 aliphatic carbocycles. The molecule has 0 spiro atoms. The fraction of sp³-hybridized carbons (Fsp3) is 0. The van der Waals surface area contributed by atoms with Gasteiger partial charge in [0, 0.05) is 38.4 Å². The Morgan fingerprint density at radius 1 is 0.316 bits per heavy atom. The summed E-state index contributed by atoms with van der Waals surface area (Å²) in [5.74, 6) is 0. The first-order chi connectivity index (χ1) is 28.3. The van der Waals surface area contributed by atoms with E-state index in [0.29, 0.717) is 0 Å². The minimum absolute atomic E-state index is 0.845. The normalized spacial score (nSPS) is 11.9. The van der Waals surface area contributed by atoms with Gasteiger partial charge in [-0.15, -0.1) is 0 Å². The Bertz CT molecular complexity index is 3550. The Labute approximate surface area is 328 Å². The van der Waals surface area contributed by atoms with Gasteiger partial charge in [0.15, 0.2) is 0 Å². The lowest BCUT2D eigenvalue weighted by Crippen LogP contribution is -2.11. The van der Waals surface area contributed by atoms with Gasteiger partial charge in [-0.1, -0.05) is 152 Å². The second kappa shape index (κ2) is 12.5. The summed E-state index contributed by atoms with van der Waals surface area (Å²) in [4.78, 5) is 2.41. The molecule has 0 bridgehead atoms. The number of rotatable bonds is 5. The first kappa shape index (κ1) is 31.7. The first-order valence-electron chi connectivity index (χ1n) is 19.4. The van der Waals surface area contributed by atoms with Gasteiger partial charge >= 0.3 is 0 Å². The molecule has 57 heavy (non-hydrogen) atoms. The molecule has 2 aromatic heterocycles. The van der Waals surface area contributed by atoms with Crippen LogP contribution in [0.1, 0.15) is 0 Å². The van der Waals surface area contributed by atoms with Crippen LogP contribution in [0.15, 0.2) is 209 Å². The number of anilines is 3. The third kappa shape index (κ3) is 4.92. The average molecular weight is 728 g/mol. The van der Waals surface area contributed by atoms with E-state index in [9.17, 15) is 0 Å². The van der Waals surface area contributed by atoms with E-state index in [1.54, 1.807) is 0 Å². The van der Waals surface area contributed by atoms with Gasteiger partial charge in [0.1, 0.15) is 22.3 Å². The van der Waals surface area contributed by atoms with Gasteiger partial charge < -0.3 is 13.7 Å². The van der Waals surface area contributed by atoms with Crippen LogP contribution in [0, 0.1) is 0 Å². The fourth-order valence-corrected chi connectivity index (χ4v) is 9.01. The number of furan rings is 2. The predicted octanol–water partition coefficient (Wildman–Crippen LogP) is 15.7. The van der Waals surface area contributed by atoms with Crippen molar-refractivity contribution < 1.29 is 8.83 Å². The predicted molar refractivity (Wildman–Crippen MR) is 239 cm³/mol. The standard InChI is InChI=1S/C54H33NO2/c1-2-16-37-33-51-47(32-36(37)15-1)45-25-11-24-44(54(45)57-51)43-22-7-8-26-48(43)55(39-19-9-18-38(31-39)41-23-10-17-34-13-3-5-20-40(34)41)49-27-12-28-50-52(49)46-30-29-35-14-4-6-21-42(35)53(46)56-50/h1-33H. The number of fused-ring (bicyclic) bond motifs is 10. The lowest BCUT2D eigenvalue weighted by atomic mass is 9.96. The van der Waals surface area contributed by atoms with Crippen molar-refractivity contribution in [1.29, 1.82) is 0 Å². The van der Waals surface area contributed by atoms with Crippen molar-refractivity contribution in [2.75, 3.05) is 4.90 Å². The SMILES string of the molecule is c1cc(-c2cccc3ccccc23)cc(N(c2ccccc2-c2cccc3c2oc2cc4ccccc4cc23)c2cccc3oc4c5ccccc5ccc4c23)c1. The molecule has 0 atom stereocenters. The Hall–Kier alpha value is -7.62. The Morgan fingerprint density at radius 3 is 1.82 bits per heavy atom. The Morgan fingerprint density at radius 2 is 0.930 bits per heavy atom. The number of para-hydroxylation sites is 2.